The first-order valence-electron chi connectivity index (χ1n) is 5.20. The van der Waals surface area contributed by atoms with Crippen molar-refractivity contribution >= 4 is 33.3 Å². The van der Waals surface area contributed by atoms with E-state index in [0.717, 1.165) is 24.6 Å². The lowest BCUT2D eigenvalue weighted by atomic mass is 10.0. The van der Waals surface area contributed by atoms with E-state index in [2.05, 4.69) is 15.9 Å². The number of carbonyl (C=O) groups is 1. The molecular formula is C12H13BrClFO. The highest BCUT2D eigenvalue weighted by atomic mass is 79.9. The molecule has 0 aromatic heterocycles. The number of halogens is 3. The fourth-order valence-corrected chi connectivity index (χ4v) is 2.04. The molecule has 0 bridgehead atoms. The molecule has 88 valence electrons. The van der Waals surface area contributed by atoms with Gasteiger partial charge in [-0.2, -0.15) is 0 Å². The van der Waals surface area contributed by atoms with Crippen LogP contribution in [0.5, 0.6) is 0 Å². The van der Waals surface area contributed by atoms with Gasteiger partial charge in [0.25, 0.3) is 0 Å². The summed E-state index contributed by atoms with van der Waals surface area (Å²) in [7, 11) is 0. The standard InChI is InChI=1S/C12H13BrClFO/c13-8-3-1-2-7-11(16)9-5-4-6-10(15)12(9)14/h4-6H,1-3,7-8H2. The van der Waals surface area contributed by atoms with Gasteiger partial charge in [-0.1, -0.05) is 40.0 Å². The Balaban J connectivity index is 2.56. The van der Waals surface area contributed by atoms with Crippen molar-refractivity contribution in [2.24, 2.45) is 0 Å². The summed E-state index contributed by atoms with van der Waals surface area (Å²) in [4.78, 5) is 11.7. The van der Waals surface area contributed by atoms with Gasteiger partial charge in [0.15, 0.2) is 5.78 Å². The molecule has 0 fully saturated rings. The molecule has 16 heavy (non-hydrogen) atoms. The zero-order valence-corrected chi connectivity index (χ0v) is 11.2. The van der Waals surface area contributed by atoms with Crippen molar-refractivity contribution in [2.45, 2.75) is 25.7 Å². The average molecular weight is 308 g/mol. The number of Topliss-reactive ketones (excluding diaryl/α,β-unsaturated/α-hetero) is 1. The zero-order chi connectivity index (χ0) is 12.0. The molecule has 0 unspecified atom stereocenters. The third kappa shape index (κ3) is 3.87. The van der Waals surface area contributed by atoms with E-state index in [-0.39, 0.29) is 10.8 Å². The molecule has 0 aliphatic heterocycles. The first-order chi connectivity index (χ1) is 7.66. The number of rotatable bonds is 6. The normalized spacial score (nSPS) is 10.4. The molecule has 0 radical (unpaired) electrons. The maximum atomic E-state index is 13.1. The number of hydrogen-bond acceptors (Lipinski definition) is 1. The first-order valence-corrected chi connectivity index (χ1v) is 6.70. The maximum absolute atomic E-state index is 13.1. The minimum atomic E-state index is -0.534. The molecule has 0 aliphatic rings. The molecule has 1 rings (SSSR count). The molecule has 0 aliphatic carbocycles. The van der Waals surface area contributed by atoms with Gasteiger partial charge in [0.05, 0.1) is 5.02 Å². The molecule has 0 spiro atoms. The molecule has 0 N–H and O–H groups in total. The molecule has 1 aromatic carbocycles. The van der Waals surface area contributed by atoms with Crippen molar-refractivity contribution in [3.05, 3.63) is 34.6 Å². The van der Waals surface area contributed by atoms with E-state index >= 15 is 0 Å². The van der Waals surface area contributed by atoms with E-state index in [1.807, 2.05) is 0 Å². The lowest BCUT2D eigenvalue weighted by Gasteiger charge is -2.03. The van der Waals surface area contributed by atoms with Gasteiger partial charge in [-0.05, 0) is 25.0 Å². The van der Waals surface area contributed by atoms with E-state index in [4.69, 9.17) is 11.6 Å². The number of carbonyl (C=O) groups excluding carboxylic acids is 1. The summed E-state index contributed by atoms with van der Waals surface area (Å²) in [5.41, 5.74) is 0.292. The van der Waals surface area contributed by atoms with E-state index in [0.29, 0.717) is 12.0 Å². The number of ketones is 1. The van der Waals surface area contributed by atoms with Gasteiger partial charge in [0, 0.05) is 17.3 Å². The van der Waals surface area contributed by atoms with Crippen LogP contribution in [-0.2, 0) is 0 Å². The van der Waals surface area contributed by atoms with Gasteiger partial charge < -0.3 is 0 Å². The minimum absolute atomic E-state index is 0.0620. The van der Waals surface area contributed by atoms with Crippen molar-refractivity contribution in [1.82, 2.24) is 0 Å². The van der Waals surface area contributed by atoms with Crippen LogP contribution in [0, 0.1) is 5.82 Å². The van der Waals surface area contributed by atoms with E-state index in [1.165, 1.54) is 12.1 Å². The van der Waals surface area contributed by atoms with Gasteiger partial charge in [-0.15, -0.1) is 0 Å². The van der Waals surface area contributed by atoms with Gasteiger partial charge in [0.2, 0.25) is 0 Å². The lowest BCUT2D eigenvalue weighted by Crippen LogP contribution is -2.01. The smallest absolute Gasteiger partial charge is 0.164 e. The van der Waals surface area contributed by atoms with Crippen molar-refractivity contribution in [2.75, 3.05) is 5.33 Å². The second kappa shape index (κ2) is 7.02. The average Bonchev–Trinajstić information content (AvgIpc) is 2.28. The second-order valence-corrected chi connectivity index (χ2v) is 4.70. The maximum Gasteiger partial charge on any atom is 0.164 e. The molecule has 0 atom stereocenters. The highest BCUT2D eigenvalue weighted by Crippen LogP contribution is 2.21. The fraction of sp³-hybridized carbons (Fsp3) is 0.417. The first kappa shape index (κ1) is 13.7. The topological polar surface area (TPSA) is 17.1 Å². The SMILES string of the molecule is O=C(CCCCCBr)c1cccc(F)c1Cl. The molecule has 0 saturated heterocycles. The molecular weight excluding hydrogens is 294 g/mol. The quantitative estimate of drug-likeness (QED) is 0.426. The van der Waals surface area contributed by atoms with Crippen molar-refractivity contribution < 1.29 is 9.18 Å². The highest BCUT2D eigenvalue weighted by Gasteiger charge is 2.12. The third-order valence-corrected chi connectivity index (χ3v) is 3.23. The summed E-state index contributed by atoms with van der Waals surface area (Å²) in [6.07, 6.45) is 3.28. The van der Waals surface area contributed by atoms with E-state index < -0.39 is 5.82 Å². The van der Waals surface area contributed by atoms with Crippen molar-refractivity contribution in [3.63, 3.8) is 0 Å². The largest absolute Gasteiger partial charge is 0.294 e. The molecule has 4 heteroatoms. The Morgan fingerprint density at radius 2 is 2.06 bits per heavy atom. The van der Waals surface area contributed by atoms with E-state index in [9.17, 15) is 9.18 Å². The fourth-order valence-electron chi connectivity index (χ4n) is 1.41. The number of unbranched alkanes of at least 4 members (excludes halogenated alkanes) is 2. The number of hydrogen-bond donors (Lipinski definition) is 0. The molecule has 1 aromatic rings. The predicted octanol–water partition coefficient (Wildman–Crippen LogP) is 4.62. The van der Waals surface area contributed by atoms with Crippen LogP contribution in [0.25, 0.3) is 0 Å². The predicted molar refractivity (Wildman–Crippen MR) is 68.0 cm³/mol. The van der Waals surface area contributed by atoms with Crippen LogP contribution in [0.3, 0.4) is 0 Å². The Bertz CT molecular complexity index is 368. The monoisotopic (exact) mass is 306 g/mol. The Kier molecular flexibility index (Phi) is 5.99. The second-order valence-electron chi connectivity index (χ2n) is 3.52. The summed E-state index contributed by atoms with van der Waals surface area (Å²) < 4.78 is 13.1. The van der Waals surface area contributed by atoms with Crippen LogP contribution in [0.15, 0.2) is 18.2 Å². The van der Waals surface area contributed by atoms with Crippen LogP contribution in [0.1, 0.15) is 36.0 Å². The van der Waals surface area contributed by atoms with Gasteiger partial charge in [-0.25, -0.2) is 4.39 Å². The minimum Gasteiger partial charge on any atom is -0.294 e. The number of alkyl halides is 1. The zero-order valence-electron chi connectivity index (χ0n) is 8.81. The van der Waals surface area contributed by atoms with E-state index in [1.54, 1.807) is 6.07 Å². The Morgan fingerprint density at radius 1 is 1.31 bits per heavy atom. The summed E-state index contributed by atoms with van der Waals surface area (Å²) in [5.74, 6) is -0.618. The van der Waals surface area contributed by atoms with Crippen molar-refractivity contribution in [1.29, 1.82) is 0 Å². The van der Waals surface area contributed by atoms with Gasteiger partial charge in [0.1, 0.15) is 5.82 Å². The highest BCUT2D eigenvalue weighted by molar-refractivity contribution is 9.09. The summed E-state index contributed by atoms with van der Waals surface area (Å²) in [6.45, 7) is 0. The Labute approximate surface area is 108 Å². The van der Waals surface area contributed by atoms with Crippen LogP contribution >= 0.6 is 27.5 Å². The van der Waals surface area contributed by atoms with Gasteiger partial charge in [-0.3, -0.25) is 4.79 Å². The lowest BCUT2D eigenvalue weighted by molar-refractivity contribution is 0.0979. The summed E-state index contributed by atoms with van der Waals surface area (Å²) >= 11 is 9.05. The summed E-state index contributed by atoms with van der Waals surface area (Å²) in [6, 6.07) is 4.33. The molecule has 0 amide bonds. The van der Waals surface area contributed by atoms with Crippen LogP contribution in [-0.4, -0.2) is 11.1 Å². The van der Waals surface area contributed by atoms with Crippen molar-refractivity contribution in [3.8, 4) is 0 Å². The van der Waals surface area contributed by atoms with Gasteiger partial charge >= 0.3 is 0 Å². The molecule has 0 heterocycles. The third-order valence-electron chi connectivity index (χ3n) is 2.29. The molecule has 1 nitrogen and oxygen atoms in total. The Morgan fingerprint density at radius 3 is 2.75 bits per heavy atom. The van der Waals surface area contributed by atoms with Crippen LogP contribution < -0.4 is 0 Å². The summed E-state index contributed by atoms with van der Waals surface area (Å²) in [5, 5.41) is 0.884. The number of benzene rings is 1. The Hall–Kier alpha value is -0.410. The van der Waals surface area contributed by atoms with Crippen LogP contribution in [0.2, 0.25) is 5.02 Å². The van der Waals surface area contributed by atoms with Crippen LogP contribution in [0.4, 0.5) is 4.39 Å². The molecule has 0 saturated carbocycles.